The van der Waals surface area contributed by atoms with Gasteiger partial charge in [-0.15, -0.1) is 11.3 Å². The van der Waals surface area contributed by atoms with Crippen LogP contribution in [0.5, 0.6) is 0 Å². The molecule has 122 valence electrons. The van der Waals surface area contributed by atoms with E-state index in [1.807, 2.05) is 6.92 Å². The van der Waals surface area contributed by atoms with Crippen molar-refractivity contribution in [3.63, 3.8) is 0 Å². The highest BCUT2D eigenvalue weighted by Gasteiger charge is 2.19. The van der Waals surface area contributed by atoms with Crippen LogP contribution in [0.25, 0.3) is 10.2 Å². The lowest BCUT2D eigenvalue weighted by atomic mass is 10.1. The Morgan fingerprint density at radius 3 is 2.54 bits per heavy atom. The van der Waals surface area contributed by atoms with Gasteiger partial charge >= 0.3 is 11.9 Å². The molecule has 2 aromatic heterocycles. The van der Waals surface area contributed by atoms with Gasteiger partial charge in [0, 0.05) is 5.69 Å². The first kappa shape index (κ1) is 15.9. The summed E-state index contributed by atoms with van der Waals surface area (Å²) in [7, 11) is 0. The summed E-state index contributed by atoms with van der Waals surface area (Å²) in [5.41, 5.74) is 2.18. The largest absolute Gasteiger partial charge is 0.478 e. The summed E-state index contributed by atoms with van der Waals surface area (Å²) in [5.74, 6) is -1.58. The summed E-state index contributed by atoms with van der Waals surface area (Å²) in [5, 5.41) is 22.1. The van der Waals surface area contributed by atoms with Crippen LogP contribution in [0, 0.1) is 13.8 Å². The summed E-state index contributed by atoms with van der Waals surface area (Å²) in [6.07, 6.45) is 1.35. The fraction of sp³-hybridized carbons (Fsp3) is 0.125. The number of hydrogen-bond acceptors (Lipinski definition) is 6. The van der Waals surface area contributed by atoms with Gasteiger partial charge in [0.25, 0.3) is 0 Å². The van der Waals surface area contributed by atoms with Gasteiger partial charge in [-0.1, -0.05) is 6.07 Å². The molecular weight excluding hydrogens is 330 g/mol. The van der Waals surface area contributed by atoms with Gasteiger partial charge in [0.1, 0.15) is 21.9 Å². The predicted octanol–water partition coefficient (Wildman–Crippen LogP) is 3.45. The summed E-state index contributed by atoms with van der Waals surface area (Å²) in [4.78, 5) is 31.6. The highest BCUT2D eigenvalue weighted by molar-refractivity contribution is 7.20. The molecule has 0 radical (unpaired) electrons. The molecule has 0 atom stereocenters. The van der Waals surface area contributed by atoms with Crippen molar-refractivity contribution >= 4 is 45.0 Å². The number of carboxylic acids is 2. The molecule has 8 heteroatoms. The number of benzene rings is 1. The van der Waals surface area contributed by atoms with E-state index in [1.165, 1.54) is 18.5 Å². The zero-order chi connectivity index (χ0) is 17.4. The second-order valence-electron chi connectivity index (χ2n) is 5.22. The van der Waals surface area contributed by atoms with E-state index in [-0.39, 0.29) is 10.4 Å². The number of aryl methyl sites for hydroxylation is 2. The molecule has 7 nitrogen and oxygen atoms in total. The third-order valence-corrected chi connectivity index (χ3v) is 4.85. The Bertz CT molecular complexity index is 981. The third-order valence-electron chi connectivity index (χ3n) is 3.66. The van der Waals surface area contributed by atoms with E-state index in [0.29, 0.717) is 27.3 Å². The van der Waals surface area contributed by atoms with Crippen molar-refractivity contribution in [2.75, 3.05) is 5.32 Å². The summed E-state index contributed by atoms with van der Waals surface area (Å²) < 4.78 is 0. The van der Waals surface area contributed by atoms with Crippen LogP contribution in [0.4, 0.5) is 11.5 Å². The molecule has 3 aromatic rings. The van der Waals surface area contributed by atoms with Gasteiger partial charge in [0.15, 0.2) is 0 Å². The molecule has 0 saturated carbocycles. The molecule has 3 N–H and O–H groups in total. The maximum atomic E-state index is 11.3. The number of anilines is 2. The normalized spacial score (nSPS) is 10.8. The van der Waals surface area contributed by atoms with Gasteiger partial charge in [-0.3, -0.25) is 0 Å². The molecule has 0 aliphatic rings. The molecule has 0 unspecified atom stereocenters. The van der Waals surface area contributed by atoms with Crippen LogP contribution in [0.3, 0.4) is 0 Å². The Balaban J connectivity index is 2.13. The van der Waals surface area contributed by atoms with E-state index in [9.17, 15) is 14.7 Å². The van der Waals surface area contributed by atoms with E-state index >= 15 is 0 Å². The van der Waals surface area contributed by atoms with E-state index in [1.54, 1.807) is 13.0 Å². The minimum Gasteiger partial charge on any atom is -0.478 e. The molecule has 0 bridgehead atoms. The van der Waals surface area contributed by atoms with Crippen molar-refractivity contribution in [1.82, 2.24) is 9.97 Å². The van der Waals surface area contributed by atoms with Gasteiger partial charge < -0.3 is 15.5 Å². The number of rotatable bonds is 4. The highest BCUT2D eigenvalue weighted by Crippen LogP contribution is 2.34. The molecule has 2 heterocycles. The van der Waals surface area contributed by atoms with Crippen LogP contribution in [0.2, 0.25) is 0 Å². The van der Waals surface area contributed by atoms with Crippen molar-refractivity contribution in [2.24, 2.45) is 0 Å². The van der Waals surface area contributed by atoms with Crippen molar-refractivity contribution in [1.29, 1.82) is 0 Å². The molecule has 0 aliphatic heterocycles. The lowest BCUT2D eigenvalue weighted by molar-refractivity contribution is 0.0688. The monoisotopic (exact) mass is 343 g/mol. The topological polar surface area (TPSA) is 112 Å². The molecule has 0 spiro atoms. The van der Waals surface area contributed by atoms with E-state index in [0.717, 1.165) is 16.9 Å². The first-order valence-corrected chi connectivity index (χ1v) is 7.78. The van der Waals surface area contributed by atoms with Crippen LogP contribution in [0.1, 0.15) is 31.2 Å². The average molecular weight is 343 g/mol. The van der Waals surface area contributed by atoms with Gasteiger partial charge in [0.2, 0.25) is 0 Å². The number of carbonyl (C=O) groups is 2. The Morgan fingerprint density at radius 2 is 1.88 bits per heavy atom. The van der Waals surface area contributed by atoms with Crippen LogP contribution in [-0.4, -0.2) is 32.1 Å². The van der Waals surface area contributed by atoms with E-state index in [4.69, 9.17) is 5.11 Å². The Kier molecular flexibility index (Phi) is 3.90. The summed E-state index contributed by atoms with van der Waals surface area (Å²) in [6.45, 7) is 3.55. The third kappa shape index (κ3) is 2.67. The van der Waals surface area contributed by atoms with E-state index in [2.05, 4.69) is 15.3 Å². The number of hydrogen-bond donors (Lipinski definition) is 3. The van der Waals surface area contributed by atoms with Gasteiger partial charge in [0.05, 0.1) is 10.9 Å². The lowest BCUT2D eigenvalue weighted by Crippen LogP contribution is -2.02. The van der Waals surface area contributed by atoms with Crippen molar-refractivity contribution in [2.45, 2.75) is 13.8 Å². The first-order valence-electron chi connectivity index (χ1n) is 6.97. The zero-order valence-corrected chi connectivity index (χ0v) is 13.6. The first-order chi connectivity index (χ1) is 11.4. The Hall–Kier alpha value is -3.00. The van der Waals surface area contributed by atoms with Gasteiger partial charge in [-0.05, 0) is 37.1 Å². The van der Waals surface area contributed by atoms with Crippen LogP contribution >= 0.6 is 11.3 Å². The van der Waals surface area contributed by atoms with Crippen molar-refractivity contribution < 1.29 is 19.8 Å². The summed E-state index contributed by atoms with van der Waals surface area (Å²) >= 11 is 1.08. The lowest BCUT2D eigenvalue weighted by Gasteiger charge is -2.11. The second-order valence-corrected chi connectivity index (χ2v) is 6.22. The maximum absolute atomic E-state index is 11.3. The predicted molar refractivity (Wildman–Crippen MR) is 90.5 cm³/mol. The number of thiophene rings is 1. The number of aromatic carboxylic acids is 2. The van der Waals surface area contributed by atoms with Gasteiger partial charge in [-0.2, -0.15) is 0 Å². The zero-order valence-electron chi connectivity index (χ0n) is 12.8. The SMILES string of the molecule is Cc1ccc(C(=O)O)cc1Nc1ncnc2sc(C(=O)O)c(C)c12. The molecule has 24 heavy (non-hydrogen) atoms. The molecule has 0 fully saturated rings. The van der Waals surface area contributed by atoms with Crippen LogP contribution < -0.4 is 5.32 Å². The number of fused-ring (bicyclic) bond motifs is 1. The fourth-order valence-electron chi connectivity index (χ4n) is 2.39. The minimum atomic E-state index is -1.02. The van der Waals surface area contributed by atoms with Crippen molar-refractivity contribution in [3.05, 3.63) is 46.1 Å². The van der Waals surface area contributed by atoms with Crippen LogP contribution in [0.15, 0.2) is 24.5 Å². The average Bonchev–Trinajstić information content (AvgIpc) is 2.87. The van der Waals surface area contributed by atoms with E-state index < -0.39 is 11.9 Å². The Morgan fingerprint density at radius 1 is 1.12 bits per heavy atom. The molecule has 0 saturated heterocycles. The Labute approximate surface area is 140 Å². The van der Waals surface area contributed by atoms with Crippen molar-refractivity contribution in [3.8, 4) is 0 Å². The molecule has 0 amide bonds. The maximum Gasteiger partial charge on any atom is 0.346 e. The smallest absolute Gasteiger partial charge is 0.346 e. The number of nitrogens with zero attached hydrogens (tertiary/aromatic N) is 2. The number of carboxylic acid groups (broad SMARTS) is 2. The quantitative estimate of drug-likeness (QED) is 0.665. The minimum absolute atomic E-state index is 0.154. The highest BCUT2D eigenvalue weighted by atomic mass is 32.1. The summed E-state index contributed by atoms with van der Waals surface area (Å²) in [6, 6.07) is 4.75. The molecular formula is C16H13N3O4S. The molecule has 3 rings (SSSR count). The molecule has 1 aromatic carbocycles. The second kappa shape index (κ2) is 5.89. The van der Waals surface area contributed by atoms with Crippen LogP contribution in [-0.2, 0) is 0 Å². The standard InChI is InChI=1S/C16H13N3O4S/c1-7-3-4-9(15(20)21)5-10(7)19-13-11-8(2)12(16(22)23)24-14(11)18-6-17-13/h3-6H,1-2H3,(H,20,21)(H,22,23)(H,17,18,19). The fourth-order valence-corrected chi connectivity index (χ4v) is 3.38. The molecule has 0 aliphatic carbocycles. The number of aromatic nitrogens is 2. The number of nitrogens with one attached hydrogen (secondary N) is 1. The van der Waals surface area contributed by atoms with Gasteiger partial charge in [-0.25, -0.2) is 19.6 Å².